The summed E-state index contributed by atoms with van der Waals surface area (Å²) in [5, 5.41) is 11.5. The average molecular weight is 531 g/mol. The number of sulfone groups is 1. The number of aromatic nitrogens is 1. The van der Waals surface area contributed by atoms with Crippen LogP contribution in [0.1, 0.15) is 57.7 Å². The molecule has 5 rings (SSSR count). The zero-order valence-corrected chi connectivity index (χ0v) is 20.6. The van der Waals surface area contributed by atoms with E-state index in [4.69, 9.17) is 5.26 Å². The van der Waals surface area contributed by atoms with Crippen LogP contribution in [0.15, 0.2) is 41.2 Å². The second kappa shape index (κ2) is 8.76. The molecule has 0 radical (unpaired) electrons. The molecular weight excluding hydrogens is 506 g/mol. The van der Waals surface area contributed by atoms with Gasteiger partial charge in [-0.1, -0.05) is 12.1 Å². The van der Waals surface area contributed by atoms with E-state index in [2.05, 4.69) is 5.32 Å². The normalized spacial score (nSPS) is 19.2. The van der Waals surface area contributed by atoms with E-state index in [1.807, 2.05) is 6.07 Å². The van der Waals surface area contributed by atoms with Crippen molar-refractivity contribution in [2.24, 2.45) is 0 Å². The molecule has 2 fully saturated rings. The molecule has 3 aliphatic rings. The first kappa shape index (κ1) is 25.1. The molecule has 1 aromatic heterocycles. The summed E-state index contributed by atoms with van der Waals surface area (Å²) in [7, 11) is -4.16. The Balaban J connectivity index is 1.30. The van der Waals surface area contributed by atoms with Crippen LogP contribution in [-0.4, -0.2) is 58.7 Å². The monoisotopic (exact) mass is 530 g/mol. The fourth-order valence-electron chi connectivity index (χ4n) is 4.93. The van der Waals surface area contributed by atoms with Gasteiger partial charge in [-0.3, -0.25) is 14.4 Å². The number of rotatable bonds is 8. The van der Waals surface area contributed by atoms with Crippen molar-refractivity contribution in [3.8, 4) is 6.07 Å². The van der Waals surface area contributed by atoms with Gasteiger partial charge in [-0.2, -0.15) is 5.26 Å². The van der Waals surface area contributed by atoms with Gasteiger partial charge in [0.05, 0.1) is 16.4 Å². The van der Waals surface area contributed by atoms with Crippen LogP contribution in [0.25, 0.3) is 0 Å². The van der Waals surface area contributed by atoms with Gasteiger partial charge in [-0.15, -0.1) is 0 Å². The Bertz CT molecular complexity index is 1490. The SMILES string of the molecule is N#Cc1ccc(CNC(=O)c2ccc3n(c2=O)CCN(CC2(S(=O)(=O)C4(C(F)F)CC4)CC2)C3=O)cc1. The lowest BCUT2D eigenvalue weighted by Crippen LogP contribution is -2.52. The third kappa shape index (κ3) is 4.01. The third-order valence-electron chi connectivity index (χ3n) is 7.59. The summed E-state index contributed by atoms with van der Waals surface area (Å²) in [5.74, 6) is -1.19. The van der Waals surface area contributed by atoms with E-state index in [0.29, 0.717) is 5.56 Å². The molecule has 1 aromatic carbocycles. The van der Waals surface area contributed by atoms with Crippen molar-refractivity contribution < 1.29 is 26.8 Å². The molecule has 194 valence electrons. The molecule has 1 N–H and O–H groups in total. The summed E-state index contributed by atoms with van der Waals surface area (Å²) in [6, 6.07) is 11.2. The Morgan fingerprint density at radius 1 is 1.05 bits per heavy atom. The number of nitrogens with zero attached hydrogens (tertiary/aromatic N) is 3. The van der Waals surface area contributed by atoms with Gasteiger partial charge in [-0.25, -0.2) is 17.2 Å². The maximum atomic E-state index is 13.6. The summed E-state index contributed by atoms with van der Waals surface area (Å²) >= 11 is 0. The van der Waals surface area contributed by atoms with Crippen LogP contribution in [0.2, 0.25) is 0 Å². The Labute approximate surface area is 211 Å². The zero-order chi connectivity index (χ0) is 26.6. The first-order chi connectivity index (χ1) is 17.5. The molecule has 0 unspecified atom stereocenters. The van der Waals surface area contributed by atoms with E-state index in [0.717, 1.165) is 5.56 Å². The van der Waals surface area contributed by atoms with Crippen molar-refractivity contribution in [3.05, 3.63) is 69.1 Å². The number of nitrogens with one attached hydrogen (secondary N) is 1. The van der Waals surface area contributed by atoms with Gasteiger partial charge >= 0.3 is 0 Å². The van der Waals surface area contributed by atoms with E-state index in [1.54, 1.807) is 24.3 Å². The van der Waals surface area contributed by atoms with Crippen molar-refractivity contribution >= 4 is 21.7 Å². The number of hydrogen-bond donors (Lipinski definition) is 1. The second-order valence-corrected chi connectivity index (χ2v) is 12.5. The molecule has 1 aliphatic heterocycles. The molecule has 0 bridgehead atoms. The van der Waals surface area contributed by atoms with Crippen LogP contribution in [-0.2, 0) is 22.9 Å². The van der Waals surface area contributed by atoms with E-state index >= 15 is 0 Å². The highest BCUT2D eigenvalue weighted by molar-refractivity contribution is 7.94. The maximum absolute atomic E-state index is 13.6. The minimum absolute atomic E-state index is 0.0167. The largest absolute Gasteiger partial charge is 0.348 e. The standard InChI is InChI=1S/C25H24F2N4O5S/c26-23(27)25(9-10-25)37(35,36)24(7-8-24)15-30-11-12-31-19(22(30)34)6-5-18(21(31)33)20(32)29-14-17-3-1-16(13-28)2-4-17/h1-6,23H,7-12,14-15H2,(H,29,32). The quantitative estimate of drug-likeness (QED) is 0.555. The highest BCUT2D eigenvalue weighted by atomic mass is 32.2. The number of amides is 2. The number of fused-ring (bicyclic) bond motifs is 1. The molecule has 37 heavy (non-hydrogen) atoms. The van der Waals surface area contributed by atoms with Crippen LogP contribution in [0.4, 0.5) is 8.78 Å². The first-order valence-corrected chi connectivity index (χ1v) is 13.4. The summed E-state index contributed by atoms with van der Waals surface area (Å²) < 4.78 is 51.2. The van der Waals surface area contributed by atoms with Crippen LogP contribution < -0.4 is 10.9 Å². The molecular formula is C25H24F2N4O5S. The minimum Gasteiger partial charge on any atom is -0.348 e. The fraction of sp³-hybridized carbons (Fsp3) is 0.440. The van der Waals surface area contributed by atoms with Gasteiger partial charge in [0.25, 0.3) is 23.8 Å². The summed E-state index contributed by atoms with van der Waals surface area (Å²) in [6.07, 6.45) is -2.67. The number of carbonyl (C=O) groups excluding carboxylic acids is 2. The molecule has 0 spiro atoms. The predicted molar refractivity (Wildman–Crippen MR) is 128 cm³/mol. The zero-order valence-electron chi connectivity index (χ0n) is 19.7. The van der Waals surface area contributed by atoms with Gasteiger partial charge in [-0.05, 0) is 55.5 Å². The van der Waals surface area contributed by atoms with E-state index in [9.17, 15) is 31.6 Å². The van der Waals surface area contributed by atoms with Gasteiger partial charge < -0.3 is 14.8 Å². The molecule has 12 heteroatoms. The molecule has 2 aromatic rings. The first-order valence-electron chi connectivity index (χ1n) is 11.9. The molecule has 0 atom stereocenters. The van der Waals surface area contributed by atoms with Gasteiger partial charge in [0.1, 0.15) is 16.0 Å². The highest BCUT2D eigenvalue weighted by Gasteiger charge is 2.71. The number of nitriles is 1. The number of halogens is 2. The number of pyridine rings is 1. The van der Waals surface area contributed by atoms with Crippen molar-refractivity contribution in [3.63, 3.8) is 0 Å². The lowest BCUT2D eigenvalue weighted by molar-refractivity contribution is 0.0694. The summed E-state index contributed by atoms with van der Waals surface area (Å²) in [5.41, 5.74) is 0.440. The summed E-state index contributed by atoms with van der Waals surface area (Å²) in [6.45, 7) is 0.0204. The molecule has 9 nitrogen and oxygen atoms in total. The van der Waals surface area contributed by atoms with Gasteiger partial charge in [0, 0.05) is 26.2 Å². The Kier molecular flexibility index (Phi) is 5.94. The Hall–Kier alpha value is -3.59. The van der Waals surface area contributed by atoms with E-state index in [-0.39, 0.29) is 63.1 Å². The molecule has 2 amide bonds. The molecule has 2 heterocycles. The Morgan fingerprint density at radius 2 is 1.73 bits per heavy atom. The lowest BCUT2D eigenvalue weighted by Gasteiger charge is -2.33. The smallest absolute Gasteiger partial charge is 0.270 e. The third-order valence-corrected chi connectivity index (χ3v) is 10.9. The fourth-order valence-corrected chi connectivity index (χ4v) is 7.63. The highest BCUT2D eigenvalue weighted by Crippen LogP contribution is 2.59. The van der Waals surface area contributed by atoms with Gasteiger partial charge in [0.2, 0.25) is 0 Å². The topological polar surface area (TPSA) is 129 Å². The van der Waals surface area contributed by atoms with Crippen LogP contribution in [0.5, 0.6) is 0 Å². The molecule has 2 aliphatic carbocycles. The van der Waals surface area contributed by atoms with Crippen molar-refractivity contribution in [1.82, 2.24) is 14.8 Å². The van der Waals surface area contributed by atoms with Crippen LogP contribution >= 0.6 is 0 Å². The number of hydrogen-bond acceptors (Lipinski definition) is 6. The summed E-state index contributed by atoms with van der Waals surface area (Å²) in [4.78, 5) is 40.1. The van der Waals surface area contributed by atoms with Gasteiger partial charge in [0.15, 0.2) is 9.84 Å². The number of alkyl halides is 2. The van der Waals surface area contributed by atoms with E-state index < -0.39 is 43.1 Å². The maximum Gasteiger partial charge on any atom is 0.270 e. The molecule has 0 saturated heterocycles. The lowest BCUT2D eigenvalue weighted by atomic mass is 10.1. The van der Waals surface area contributed by atoms with Crippen molar-refractivity contribution in [2.75, 3.05) is 13.1 Å². The van der Waals surface area contributed by atoms with Crippen LogP contribution in [0.3, 0.4) is 0 Å². The number of carbonyl (C=O) groups is 2. The Morgan fingerprint density at radius 3 is 2.30 bits per heavy atom. The minimum atomic E-state index is -4.16. The number of benzene rings is 1. The van der Waals surface area contributed by atoms with Crippen molar-refractivity contribution in [1.29, 1.82) is 5.26 Å². The van der Waals surface area contributed by atoms with Crippen LogP contribution in [0, 0.1) is 11.3 Å². The second-order valence-electron chi connectivity index (χ2n) is 9.86. The van der Waals surface area contributed by atoms with E-state index in [1.165, 1.54) is 21.6 Å². The van der Waals surface area contributed by atoms with Crippen molar-refractivity contribution in [2.45, 2.75) is 54.7 Å². The average Bonchev–Trinajstić information content (AvgIpc) is 3.80. The molecule has 2 saturated carbocycles. The predicted octanol–water partition coefficient (Wildman–Crippen LogP) is 1.85.